The van der Waals surface area contributed by atoms with Crippen molar-refractivity contribution in [3.05, 3.63) is 59.4 Å². The lowest BCUT2D eigenvalue weighted by molar-refractivity contribution is 0.0944. The Balaban J connectivity index is 1.59. The second-order valence-electron chi connectivity index (χ2n) is 6.37. The van der Waals surface area contributed by atoms with Crippen molar-refractivity contribution in [3.8, 4) is 11.6 Å². The highest BCUT2D eigenvalue weighted by molar-refractivity contribution is 7.94. The van der Waals surface area contributed by atoms with Gasteiger partial charge in [0.15, 0.2) is 9.84 Å². The minimum atomic E-state index is -3.25. The molecule has 2 aromatic rings. The molecule has 7 nitrogen and oxygen atoms in total. The van der Waals surface area contributed by atoms with E-state index >= 15 is 0 Å². The molecule has 0 spiro atoms. The van der Waals surface area contributed by atoms with Crippen LogP contribution in [0.5, 0.6) is 11.6 Å². The van der Waals surface area contributed by atoms with Crippen LogP contribution < -0.4 is 10.1 Å². The van der Waals surface area contributed by atoms with Gasteiger partial charge in [-0.05, 0) is 31.1 Å². The molecule has 2 heterocycles. The SMILES string of the molecule is O=C(NC1C=CS(=O)(=O)C1)c1cnc(C2CC2)nc1Oc1ccccc1. The summed E-state index contributed by atoms with van der Waals surface area (Å²) in [5, 5.41) is 3.79. The number of sulfone groups is 1. The Morgan fingerprint density at radius 2 is 1.96 bits per heavy atom. The van der Waals surface area contributed by atoms with Crippen molar-refractivity contribution < 1.29 is 17.9 Å². The molecule has 8 heteroatoms. The molecule has 1 aromatic heterocycles. The van der Waals surface area contributed by atoms with Crippen LogP contribution in [0.25, 0.3) is 0 Å². The van der Waals surface area contributed by atoms with Gasteiger partial charge in [-0.1, -0.05) is 18.2 Å². The van der Waals surface area contributed by atoms with Crippen molar-refractivity contribution in [2.75, 3.05) is 5.75 Å². The van der Waals surface area contributed by atoms with E-state index in [2.05, 4.69) is 15.3 Å². The quantitative estimate of drug-likeness (QED) is 0.865. The Labute approximate surface area is 151 Å². The summed E-state index contributed by atoms with van der Waals surface area (Å²) in [7, 11) is -3.25. The van der Waals surface area contributed by atoms with E-state index in [1.165, 1.54) is 12.3 Å². The van der Waals surface area contributed by atoms with Crippen molar-refractivity contribution in [1.82, 2.24) is 15.3 Å². The summed E-state index contributed by atoms with van der Waals surface area (Å²) in [4.78, 5) is 21.3. The molecule has 0 radical (unpaired) electrons. The van der Waals surface area contributed by atoms with Crippen LogP contribution in [0, 0.1) is 0 Å². The van der Waals surface area contributed by atoms with Gasteiger partial charge in [-0.25, -0.2) is 13.4 Å². The number of nitrogens with zero attached hydrogens (tertiary/aromatic N) is 2. The molecule has 4 rings (SSSR count). The summed E-state index contributed by atoms with van der Waals surface area (Å²) < 4.78 is 28.8. The molecule has 1 aromatic carbocycles. The predicted molar refractivity (Wildman–Crippen MR) is 94.7 cm³/mol. The number of hydrogen-bond donors (Lipinski definition) is 1. The fourth-order valence-corrected chi connectivity index (χ4v) is 3.90. The minimum Gasteiger partial charge on any atom is -0.438 e. The van der Waals surface area contributed by atoms with Crippen LogP contribution in [-0.4, -0.2) is 36.1 Å². The molecule has 2 aliphatic rings. The summed E-state index contributed by atoms with van der Waals surface area (Å²) in [6, 6.07) is 8.49. The van der Waals surface area contributed by atoms with Gasteiger partial charge < -0.3 is 10.1 Å². The van der Waals surface area contributed by atoms with Crippen LogP contribution in [0.3, 0.4) is 0 Å². The fourth-order valence-electron chi connectivity index (χ4n) is 2.66. The number of nitrogens with one attached hydrogen (secondary N) is 1. The summed E-state index contributed by atoms with van der Waals surface area (Å²) in [6.07, 6.45) is 4.97. The predicted octanol–water partition coefficient (Wildman–Crippen LogP) is 2.19. The largest absolute Gasteiger partial charge is 0.438 e. The molecule has 1 saturated carbocycles. The lowest BCUT2D eigenvalue weighted by Gasteiger charge is -2.13. The van der Waals surface area contributed by atoms with Gasteiger partial charge >= 0.3 is 0 Å². The highest BCUT2D eigenvalue weighted by Crippen LogP contribution is 2.39. The summed E-state index contributed by atoms with van der Waals surface area (Å²) in [6.45, 7) is 0. The third kappa shape index (κ3) is 3.75. The molecule has 134 valence electrons. The Morgan fingerprint density at radius 1 is 1.19 bits per heavy atom. The van der Waals surface area contributed by atoms with Crippen molar-refractivity contribution in [1.29, 1.82) is 0 Å². The smallest absolute Gasteiger partial charge is 0.258 e. The molecule has 1 atom stereocenters. The number of carbonyl (C=O) groups is 1. The summed E-state index contributed by atoms with van der Waals surface area (Å²) in [5.74, 6) is 1.10. The molecule has 0 saturated heterocycles. The summed E-state index contributed by atoms with van der Waals surface area (Å²) >= 11 is 0. The maximum Gasteiger partial charge on any atom is 0.258 e. The van der Waals surface area contributed by atoms with Crippen LogP contribution in [0.15, 0.2) is 48.0 Å². The van der Waals surface area contributed by atoms with Gasteiger partial charge in [0, 0.05) is 17.5 Å². The normalized spacial score (nSPS) is 20.7. The van der Waals surface area contributed by atoms with Gasteiger partial charge in [0.05, 0.1) is 11.8 Å². The minimum absolute atomic E-state index is 0.144. The van der Waals surface area contributed by atoms with E-state index in [-0.39, 0.29) is 17.2 Å². The third-order valence-corrected chi connectivity index (χ3v) is 5.56. The number of rotatable bonds is 5. The van der Waals surface area contributed by atoms with Gasteiger partial charge in [0.25, 0.3) is 5.91 Å². The first kappa shape index (κ1) is 16.7. The van der Waals surface area contributed by atoms with E-state index in [1.54, 1.807) is 12.1 Å². The summed E-state index contributed by atoms with van der Waals surface area (Å²) in [5.41, 5.74) is 0.177. The number of benzene rings is 1. The molecular weight excluding hydrogens is 354 g/mol. The van der Waals surface area contributed by atoms with Crippen LogP contribution in [0.1, 0.15) is 34.9 Å². The number of carbonyl (C=O) groups excluding carboxylic acids is 1. The first-order valence-electron chi connectivity index (χ1n) is 8.32. The maximum absolute atomic E-state index is 12.6. The van der Waals surface area contributed by atoms with E-state index in [0.29, 0.717) is 17.5 Å². The van der Waals surface area contributed by atoms with Crippen molar-refractivity contribution in [2.45, 2.75) is 24.8 Å². The molecular formula is C18H17N3O4S. The molecule has 1 fully saturated rings. The van der Waals surface area contributed by atoms with E-state index in [1.807, 2.05) is 18.2 Å². The Kier molecular flexibility index (Phi) is 4.20. The van der Waals surface area contributed by atoms with Gasteiger partial charge in [0.2, 0.25) is 5.88 Å². The van der Waals surface area contributed by atoms with Crippen molar-refractivity contribution in [3.63, 3.8) is 0 Å². The van der Waals surface area contributed by atoms with Crippen LogP contribution >= 0.6 is 0 Å². The Hall–Kier alpha value is -2.74. The number of aromatic nitrogens is 2. The molecule has 1 N–H and O–H groups in total. The molecule has 0 bridgehead atoms. The standard InChI is InChI=1S/C18H17N3O4S/c22-17(20-13-8-9-26(23,24)11-13)15-10-19-16(12-6-7-12)21-18(15)25-14-4-2-1-3-5-14/h1-5,8-10,12-13H,6-7,11H2,(H,20,22). The van der Waals surface area contributed by atoms with Gasteiger partial charge in [-0.3, -0.25) is 4.79 Å². The topological polar surface area (TPSA) is 98.2 Å². The average molecular weight is 371 g/mol. The first-order valence-corrected chi connectivity index (χ1v) is 10.0. The van der Waals surface area contributed by atoms with Gasteiger partial charge in [-0.15, -0.1) is 0 Å². The van der Waals surface area contributed by atoms with Gasteiger partial charge in [0.1, 0.15) is 17.1 Å². The fraction of sp³-hybridized carbons (Fsp3) is 0.278. The maximum atomic E-state index is 12.6. The number of ether oxygens (including phenoxy) is 1. The van der Waals surface area contributed by atoms with E-state index in [4.69, 9.17) is 4.74 Å². The van der Waals surface area contributed by atoms with Gasteiger partial charge in [-0.2, -0.15) is 4.98 Å². The highest BCUT2D eigenvalue weighted by atomic mass is 32.2. The second kappa shape index (κ2) is 6.53. The van der Waals surface area contributed by atoms with E-state index < -0.39 is 21.8 Å². The first-order chi connectivity index (χ1) is 12.5. The zero-order valence-corrected chi connectivity index (χ0v) is 14.6. The number of hydrogen-bond acceptors (Lipinski definition) is 6. The Morgan fingerprint density at radius 3 is 2.62 bits per heavy atom. The lowest BCUT2D eigenvalue weighted by Crippen LogP contribution is -2.35. The van der Waals surface area contributed by atoms with Crippen molar-refractivity contribution >= 4 is 15.7 Å². The molecule has 1 aliphatic carbocycles. The van der Waals surface area contributed by atoms with Crippen LogP contribution in [-0.2, 0) is 9.84 Å². The molecule has 1 unspecified atom stereocenters. The van der Waals surface area contributed by atoms with Crippen LogP contribution in [0.4, 0.5) is 0 Å². The molecule has 26 heavy (non-hydrogen) atoms. The monoisotopic (exact) mass is 371 g/mol. The van der Waals surface area contributed by atoms with Crippen LogP contribution in [0.2, 0.25) is 0 Å². The van der Waals surface area contributed by atoms with E-state index in [9.17, 15) is 13.2 Å². The zero-order valence-electron chi connectivity index (χ0n) is 13.8. The lowest BCUT2D eigenvalue weighted by atomic mass is 10.2. The number of para-hydroxylation sites is 1. The van der Waals surface area contributed by atoms with E-state index in [0.717, 1.165) is 18.2 Å². The average Bonchev–Trinajstić information content (AvgIpc) is 3.40. The molecule has 1 aliphatic heterocycles. The number of amides is 1. The molecule has 1 amide bonds. The Bertz CT molecular complexity index is 969. The third-order valence-electron chi connectivity index (χ3n) is 4.16. The highest BCUT2D eigenvalue weighted by Gasteiger charge is 2.30. The van der Waals surface area contributed by atoms with Crippen molar-refractivity contribution in [2.24, 2.45) is 0 Å². The zero-order chi connectivity index (χ0) is 18.1. The second-order valence-corrected chi connectivity index (χ2v) is 8.31.